The fraction of sp³-hybridized carbons (Fsp3) is 0.800. The summed E-state index contributed by atoms with van der Waals surface area (Å²) >= 11 is 0. The highest BCUT2D eigenvalue weighted by Gasteiger charge is 2.21. The molecule has 0 aromatic rings. The zero-order valence-electron chi connectivity index (χ0n) is 5.43. The average molecular weight is 135 g/mol. The van der Waals surface area contributed by atoms with Crippen LogP contribution in [0.3, 0.4) is 0 Å². The second-order valence-electron chi connectivity index (χ2n) is 1.78. The Morgan fingerprint density at radius 2 is 2.22 bits per heavy atom. The maximum absolute atomic E-state index is 12.3. The molecule has 0 aromatic heterocycles. The van der Waals surface area contributed by atoms with Crippen LogP contribution in [0.5, 0.6) is 0 Å². The number of ether oxygens (including phenoxy) is 1. The lowest BCUT2D eigenvalue weighted by Crippen LogP contribution is -2.35. The van der Waals surface area contributed by atoms with Crippen molar-refractivity contribution < 1.29 is 13.9 Å². The van der Waals surface area contributed by atoms with E-state index in [4.69, 9.17) is 5.73 Å². The van der Waals surface area contributed by atoms with Crippen LogP contribution in [-0.4, -0.2) is 25.3 Å². The Labute approximate surface area is 53.0 Å². The summed E-state index contributed by atoms with van der Waals surface area (Å²) in [5.74, 6) is -0.912. The molecule has 9 heavy (non-hydrogen) atoms. The topological polar surface area (TPSA) is 52.3 Å². The van der Waals surface area contributed by atoms with Crippen LogP contribution < -0.4 is 5.73 Å². The number of alkyl halides is 1. The molecule has 0 rings (SSSR count). The zero-order chi connectivity index (χ0) is 7.44. The third kappa shape index (κ3) is 2.41. The maximum Gasteiger partial charge on any atom is 0.342 e. The molecule has 0 amide bonds. The maximum atomic E-state index is 12.3. The number of carbonyl (C=O) groups excluding carboxylic acids is 1. The smallest absolute Gasteiger partial charge is 0.342 e. The fourth-order valence-corrected chi connectivity index (χ4v) is 0.327. The van der Waals surface area contributed by atoms with Gasteiger partial charge in [-0.3, -0.25) is 0 Å². The Balaban J connectivity index is 3.72. The summed E-state index contributed by atoms with van der Waals surface area (Å²) in [6.07, 6.45) is -1.70. The quantitative estimate of drug-likeness (QED) is 0.535. The molecule has 0 saturated heterocycles. The molecule has 0 fully saturated rings. The molecule has 2 N–H and O–H groups in total. The van der Waals surface area contributed by atoms with Crippen molar-refractivity contribution in [2.45, 2.75) is 19.1 Å². The van der Waals surface area contributed by atoms with Crippen molar-refractivity contribution in [1.82, 2.24) is 0 Å². The molecule has 0 aliphatic rings. The minimum Gasteiger partial charge on any atom is -0.467 e. The first kappa shape index (κ1) is 8.36. The van der Waals surface area contributed by atoms with Crippen LogP contribution in [0, 0.1) is 0 Å². The summed E-state index contributed by atoms with van der Waals surface area (Å²) in [7, 11) is 1.12. The van der Waals surface area contributed by atoms with Crippen LogP contribution >= 0.6 is 0 Å². The third-order valence-electron chi connectivity index (χ3n) is 0.888. The molecular weight excluding hydrogens is 125 g/mol. The zero-order valence-corrected chi connectivity index (χ0v) is 5.43. The summed E-state index contributed by atoms with van der Waals surface area (Å²) in [5.41, 5.74) is 5.04. The van der Waals surface area contributed by atoms with Gasteiger partial charge in [0.05, 0.1) is 7.11 Å². The van der Waals surface area contributed by atoms with Crippen molar-refractivity contribution in [3.63, 3.8) is 0 Å². The van der Waals surface area contributed by atoms with Gasteiger partial charge in [0.15, 0.2) is 0 Å². The number of esters is 1. The fourth-order valence-electron chi connectivity index (χ4n) is 0.327. The Hall–Kier alpha value is -0.640. The van der Waals surface area contributed by atoms with E-state index in [1.54, 1.807) is 0 Å². The first-order valence-electron chi connectivity index (χ1n) is 2.57. The number of methoxy groups -OCH3 is 1. The summed E-state index contributed by atoms with van der Waals surface area (Å²) in [6, 6.07) is -0.794. The van der Waals surface area contributed by atoms with Gasteiger partial charge < -0.3 is 10.5 Å². The highest BCUT2D eigenvalue weighted by Crippen LogP contribution is 1.96. The van der Waals surface area contributed by atoms with Gasteiger partial charge in [0.1, 0.15) is 0 Å². The molecule has 0 heterocycles. The van der Waals surface area contributed by atoms with E-state index in [0.717, 1.165) is 7.11 Å². The number of carbonyl (C=O) groups is 1. The van der Waals surface area contributed by atoms with Crippen molar-refractivity contribution in [1.29, 1.82) is 0 Å². The molecule has 0 aliphatic heterocycles. The standard InChI is InChI=1S/C5H10FNO2/c1-3(7)4(6)5(8)9-2/h3-4H,7H2,1-2H3. The second-order valence-corrected chi connectivity index (χ2v) is 1.78. The van der Waals surface area contributed by atoms with Crippen LogP contribution in [0.25, 0.3) is 0 Å². The predicted octanol–water partition coefficient (Wildman–Crippen LogP) is -0.155. The van der Waals surface area contributed by atoms with Crippen molar-refractivity contribution in [2.24, 2.45) is 5.73 Å². The first-order chi connectivity index (χ1) is 4.09. The van der Waals surface area contributed by atoms with E-state index in [1.807, 2.05) is 0 Å². The molecule has 0 saturated carbocycles. The van der Waals surface area contributed by atoms with Gasteiger partial charge in [-0.05, 0) is 6.92 Å². The van der Waals surface area contributed by atoms with Gasteiger partial charge in [0, 0.05) is 6.04 Å². The van der Waals surface area contributed by atoms with E-state index >= 15 is 0 Å². The van der Waals surface area contributed by atoms with Crippen LogP contribution in [0.1, 0.15) is 6.92 Å². The number of halogens is 1. The van der Waals surface area contributed by atoms with Gasteiger partial charge >= 0.3 is 5.97 Å². The summed E-state index contributed by atoms with van der Waals surface area (Å²) in [4.78, 5) is 10.3. The Morgan fingerprint density at radius 1 is 1.78 bits per heavy atom. The lowest BCUT2D eigenvalue weighted by atomic mass is 10.2. The number of hydrogen-bond acceptors (Lipinski definition) is 3. The molecule has 4 heteroatoms. The van der Waals surface area contributed by atoms with E-state index in [2.05, 4.69) is 4.74 Å². The van der Waals surface area contributed by atoms with E-state index in [9.17, 15) is 9.18 Å². The van der Waals surface area contributed by atoms with E-state index in [0.29, 0.717) is 0 Å². The van der Waals surface area contributed by atoms with Crippen LogP contribution in [0.4, 0.5) is 4.39 Å². The number of rotatable bonds is 2. The van der Waals surface area contributed by atoms with Crippen LogP contribution in [0.2, 0.25) is 0 Å². The molecule has 0 aromatic carbocycles. The molecule has 2 atom stereocenters. The van der Waals surface area contributed by atoms with E-state index in [1.165, 1.54) is 6.92 Å². The minimum absolute atomic E-state index is 0.794. The molecular formula is C5H10FNO2. The Morgan fingerprint density at radius 3 is 2.33 bits per heavy atom. The van der Waals surface area contributed by atoms with Crippen molar-refractivity contribution >= 4 is 5.97 Å². The van der Waals surface area contributed by atoms with E-state index in [-0.39, 0.29) is 0 Å². The molecule has 0 radical (unpaired) electrons. The summed E-state index contributed by atoms with van der Waals surface area (Å²) < 4.78 is 16.4. The number of hydrogen-bond donors (Lipinski definition) is 1. The van der Waals surface area contributed by atoms with Crippen molar-refractivity contribution in [2.75, 3.05) is 7.11 Å². The molecule has 0 spiro atoms. The third-order valence-corrected chi connectivity index (χ3v) is 0.888. The monoisotopic (exact) mass is 135 g/mol. The van der Waals surface area contributed by atoms with Gasteiger partial charge in [0.2, 0.25) is 6.17 Å². The highest BCUT2D eigenvalue weighted by atomic mass is 19.1. The van der Waals surface area contributed by atoms with Crippen LogP contribution in [0.15, 0.2) is 0 Å². The molecule has 0 aliphatic carbocycles. The predicted molar refractivity (Wildman–Crippen MR) is 30.6 cm³/mol. The minimum atomic E-state index is -1.70. The molecule has 3 nitrogen and oxygen atoms in total. The molecule has 54 valence electrons. The Kier molecular flexibility index (Phi) is 3.16. The number of nitrogens with two attached hydrogens (primary N) is 1. The lowest BCUT2D eigenvalue weighted by Gasteiger charge is -2.07. The van der Waals surface area contributed by atoms with Crippen molar-refractivity contribution in [3.8, 4) is 0 Å². The van der Waals surface area contributed by atoms with E-state index < -0.39 is 18.2 Å². The van der Waals surface area contributed by atoms with Gasteiger partial charge in [-0.2, -0.15) is 0 Å². The second kappa shape index (κ2) is 3.40. The highest BCUT2D eigenvalue weighted by molar-refractivity contribution is 5.75. The van der Waals surface area contributed by atoms with Crippen molar-refractivity contribution in [3.05, 3.63) is 0 Å². The van der Waals surface area contributed by atoms with Gasteiger partial charge in [-0.25, -0.2) is 9.18 Å². The SMILES string of the molecule is COC(=O)C(F)C(C)N. The lowest BCUT2D eigenvalue weighted by molar-refractivity contribution is -0.147. The summed E-state index contributed by atoms with van der Waals surface area (Å²) in [6.45, 7) is 1.40. The first-order valence-corrected chi connectivity index (χ1v) is 2.57. The molecule has 2 unspecified atom stereocenters. The average Bonchev–Trinajstić information content (AvgIpc) is 1.84. The normalized spacial score (nSPS) is 16.4. The van der Waals surface area contributed by atoms with Gasteiger partial charge in [0.25, 0.3) is 0 Å². The van der Waals surface area contributed by atoms with Crippen LogP contribution in [-0.2, 0) is 9.53 Å². The van der Waals surface area contributed by atoms with Gasteiger partial charge in [-0.15, -0.1) is 0 Å². The molecule has 0 bridgehead atoms. The largest absolute Gasteiger partial charge is 0.467 e. The van der Waals surface area contributed by atoms with Gasteiger partial charge in [-0.1, -0.05) is 0 Å². The summed E-state index contributed by atoms with van der Waals surface area (Å²) in [5, 5.41) is 0. The Bertz CT molecular complexity index is 105.